The highest BCUT2D eigenvalue weighted by Gasteiger charge is 2.25. The zero-order valence-corrected chi connectivity index (χ0v) is 17.8. The molecular formula is C23H17ClN4O2S. The Morgan fingerprint density at radius 2 is 1.61 bits per heavy atom. The number of nitrogens with zero attached hydrogens (tertiary/aromatic N) is 3. The van der Waals surface area contributed by atoms with Crippen molar-refractivity contribution in [1.82, 2.24) is 9.78 Å². The van der Waals surface area contributed by atoms with Crippen LogP contribution in [0.15, 0.2) is 83.8 Å². The third-order valence-electron chi connectivity index (χ3n) is 4.82. The van der Waals surface area contributed by atoms with Gasteiger partial charge in [-0.25, -0.2) is 18.2 Å². The largest absolute Gasteiger partial charge is 0.249 e. The van der Waals surface area contributed by atoms with Crippen LogP contribution in [0.1, 0.15) is 11.3 Å². The lowest BCUT2D eigenvalue weighted by molar-refractivity contribution is 0.598. The first-order valence-electron chi connectivity index (χ1n) is 9.31. The van der Waals surface area contributed by atoms with Gasteiger partial charge in [0.2, 0.25) is 10.0 Å². The molecule has 6 nitrogen and oxygen atoms in total. The fraction of sp³-hybridized carbons (Fsp3) is 0.0435. The highest BCUT2D eigenvalue weighted by molar-refractivity contribution is 7.89. The van der Waals surface area contributed by atoms with Crippen molar-refractivity contribution in [3.8, 4) is 28.5 Å². The molecule has 0 aliphatic heterocycles. The first kappa shape index (κ1) is 20.8. The zero-order valence-electron chi connectivity index (χ0n) is 16.2. The van der Waals surface area contributed by atoms with Crippen LogP contribution in [-0.4, -0.2) is 18.2 Å². The number of benzene rings is 3. The number of nitriles is 1. The summed E-state index contributed by atoms with van der Waals surface area (Å²) < 4.78 is 26.0. The summed E-state index contributed by atoms with van der Waals surface area (Å²) in [4.78, 5) is -0.0564. The van der Waals surface area contributed by atoms with E-state index in [0.717, 1.165) is 5.56 Å². The van der Waals surface area contributed by atoms with Crippen molar-refractivity contribution in [2.24, 2.45) is 5.14 Å². The predicted molar refractivity (Wildman–Crippen MR) is 120 cm³/mol. The maximum absolute atomic E-state index is 12.2. The quantitative estimate of drug-likeness (QED) is 0.487. The van der Waals surface area contributed by atoms with E-state index in [-0.39, 0.29) is 4.90 Å². The van der Waals surface area contributed by atoms with E-state index >= 15 is 0 Å². The molecule has 3 aromatic carbocycles. The van der Waals surface area contributed by atoms with Gasteiger partial charge >= 0.3 is 0 Å². The van der Waals surface area contributed by atoms with E-state index in [9.17, 15) is 13.7 Å². The highest BCUT2D eigenvalue weighted by Crippen LogP contribution is 2.37. The van der Waals surface area contributed by atoms with Crippen LogP contribution >= 0.6 is 11.6 Å². The average molecular weight is 449 g/mol. The van der Waals surface area contributed by atoms with E-state index in [2.05, 4.69) is 11.2 Å². The van der Waals surface area contributed by atoms with Gasteiger partial charge in [-0.2, -0.15) is 10.4 Å². The standard InChI is InChI=1S/C23H17ClN4O2S/c24-18-12-10-17(11-13-18)22-20(14-25)28(15-16-6-2-1-3-7-16)27-23(22)19-8-4-5-9-21(19)31(26,29)30/h1-13H,15H2,(H2,26,29,30). The summed E-state index contributed by atoms with van der Waals surface area (Å²) in [5, 5.41) is 20.7. The predicted octanol–water partition coefficient (Wildman–Crippen LogP) is 4.44. The van der Waals surface area contributed by atoms with E-state index in [1.165, 1.54) is 6.07 Å². The molecular weight excluding hydrogens is 432 g/mol. The Morgan fingerprint density at radius 3 is 2.26 bits per heavy atom. The molecule has 0 bridgehead atoms. The van der Waals surface area contributed by atoms with Crippen LogP contribution in [0.3, 0.4) is 0 Å². The molecule has 0 amide bonds. The van der Waals surface area contributed by atoms with Crippen molar-refractivity contribution in [3.05, 3.63) is 95.1 Å². The topological polar surface area (TPSA) is 102 Å². The van der Waals surface area contributed by atoms with Gasteiger partial charge in [0.25, 0.3) is 0 Å². The number of hydrogen-bond acceptors (Lipinski definition) is 4. The van der Waals surface area contributed by atoms with Crippen LogP contribution < -0.4 is 5.14 Å². The molecule has 0 aliphatic rings. The molecule has 31 heavy (non-hydrogen) atoms. The second kappa shape index (κ2) is 8.36. The van der Waals surface area contributed by atoms with Crippen molar-refractivity contribution in [1.29, 1.82) is 5.26 Å². The summed E-state index contributed by atoms with van der Waals surface area (Å²) in [5.74, 6) is 0. The van der Waals surface area contributed by atoms with Crippen molar-refractivity contribution in [2.75, 3.05) is 0 Å². The van der Waals surface area contributed by atoms with Gasteiger partial charge in [0, 0.05) is 16.1 Å². The molecule has 0 atom stereocenters. The number of rotatable bonds is 5. The Bertz CT molecular complexity index is 1390. The number of aromatic nitrogens is 2. The van der Waals surface area contributed by atoms with Crippen molar-refractivity contribution >= 4 is 21.6 Å². The normalized spacial score (nSPS) is 11.3. The van der Waals surface area contributed by atoms with Crippen LogP contribution in [0.5, 0.6) is 0 Å². The van der Waals surface area contributed by atoms with Crippen molar-refractivity contribution in [3.63, 3.8) is 0 Å². The van der Waals surface area contributed by atoms with Crippen LogP contribution in [0.2, 0.25) is 5.02 Å². The average Bonchev–Trinajstić information content (AvgIpc) is 3.12. The first-order valence-corrected chi connectivity index (χ1v) is 11.2. The summed E-state index contributed by atoms with van der Waals surface area (Å²) >= 11 is 6.05. The second-order valence-electron chi connectivity index (χ2n) is 6.88. The molecule has 154 valence electrons. The van der Waals surface area contributed by atoms with Gasteiger partial charge in [-0.15, -0.1) is 0 Å². The number of hydrogen-bond donors (Lipinski definition) is 1. The lowest BCUT2D eigenvalue weighted by atomic mass is 9.99. The summed E-state index contributed by atoms with van der Waals surface area (Å²) in [5.41, 5.74) is 3.17. The number of halogens is 1. The van der Waals surface area contributed by atoms with Gasteiger partial charge in [-0.1, -0.05) is 72.3 Å². The first-order chi connectivity index (χ1) is 14.9. The molecule has 4 rings (SSSR count). The maximum atomic E-state index is 12.2. The maximum Gasteiger partial charge on any atom is 0.238 e. The second-order valence-corrected chi connectivity index (χ2v) is 8.84. The Hall–Kier alpha value is -3.44. The summed E-state index contributed by atoms with van der Waals surface area (Å²) in [6.45, 7) is 0.349. The minimum absolute atomic E-state index is 0.0564. The van der Waals surface area contributed by atoms with Crippen molar-refractivity contribution < 1.29 is 8.42 Å². The van der Waals surface area contributed by atoms with E-state index in [0.29, 0.717) is 39.6 Å². The summed E-state index contributed by atoms with van der Waals surface area (Å²) in [7, 11) is -4.01. The molecule has 2 N–H and O–H groups in total. The molecule has 0 saturated heterocycles. The molecule has 0 saturated carbocycles. The lowest BCUT2D eigenvalue weighted by Gasteiger charge is -2.08. The van der Waals surface area contributed by atoms with Crippen LogP contribution in [0.25, 0.3) is 22.4 Å². The third kappa shape index (κ3) is 4.23. The van der Waals surface area contributed by atoms with Gasteiger partial charge in [-0.3, -0.25) is 0 Å². The molecule has 4 aromatic rings. The molecule has 0 spiro atoms. The van der Waals surface area contributed by atoms with Crippen LogP contribution in [-0.2, 0) is 16.6 Å². The van der Waals surface area contributed by atoms with Gasteiger partial charge in [0.1, 0.15) is 17.5 Å². The summed E-state index contributed by atoms with van der Waals surface area (Å²) in [6.07, 6.45) is 0. The molecule has 1 heterocycles. The van der Waals surface area contributed by atoms with Crippen molar-refractivity contribution in [2.45, 2.75) is 11.4 Å². The number of sulfonamides is 1. The Morgan fingerprint density at radius 1 is 0.968 bits per heavy atom. The van der Waals surface area contributed by atoms with Gasteiger partial charge in [0.05, 0.1) is 11.4 Å². The molecule has 0 aliphatic carbocycles. The summed E-state index contributed by atoms with van der Waals surface area (Å²) in [6, 6.07) is 25.1. The van der Waals surface area contributed by atoms with Gasteiger partial charge < -0.3 is 0 Å². The zero-order chi connectivity index (χ0) is 22.0. The molecule has 1 aromatic heterocycles. The lowest BCUT2D eigenvalue weighted by Crippen LogP contribution is -2.13. The van der Waals surface area contributed by atoms with E-state index in [4.69, 9.17) is 16.7 Å². The smallest absolute Gasteiger partial charge is 0.238 e. The number of primary sulfonamides is 1. The van der Waals surface area contributed by atoms with Gasteiger partial charge in [0.15, 0.2) is 0 Å². The van der Waals surface area contributed by atoms with E-state index < -0.39 is 10.0 Å². The fourth-order valence-corrected chi connectivity index (χ4v) is 4.30. The SMILES string of the molecule is N#Cc1c(-c2ccc(Cl)cc2)c(-c2ccccc2S(N)(=O)=O)nn1Cc1ccccc1. The third-order valence-corrected chi connectivity index (χ3v) is 6.04. The van der Waals surface area contributed by atoms with Gasteiger partial charge in [-0.05, 0) is 29.3 Å². The van der Waals surface area contributed by atoms with Crippen LogP contribution in [0.4, 0.5) is 0 Å². The number of nitrogens with two attached hydrogens (primary N) is 1. The molecule has 0 unspecified atom stereocenters. The fourth-order valence-electron chi connectivity index (χ4n) is 3.44. The Balaban J connectivity index is 2.01. The molecule has 8 heteroatoms. The van der Waals surface area contributed by atoms with E-state index in [1.807, 2.05) is 30.3 Å². The highest BCUT2D eigenvalue weighted by atomic mass is 35.5. The monoisotopic (exact) mass is 448 g/mol. The molecule has 0 fully saturated rings. The Labute approximate surface area is 185 Å². The molecule has 0 radical (unpaired) electrons. The van der Waals surface area contributed by atoms with E-state index in [1.54, 1.807) is 47.1 Å². The minimum Gasteiger partial charge on any atom is -0.249 e. The Kier molecular flexibility index (Phi) is 5.61. The van der Waals surface area contributed by atoms with Crippen LogP contribution in [0, 0.1) is 11.3 Å². The minimum atomic E-state index is -4.01.